The molecule has 0 bridgehead atoms. The molecule has 1 aliphatic heterocycles. The number of piperidine rings is 1. The lowest BCUT2D eigenvalue weighted by Crippen LogP contribution is -2.36. The summed E-state index contributed by atoms with van der Waals surface area (Å²) in [6, 6.07) is 8.65. The highest BCUT2D eigenvalue weighted by atomic mass is 35.5. The number of nitrogen functional groups attached to an aromatic ring is 2. The monoisotopic (exact) mass is 498 g/mol. The molecule has 4 heterocycles. The van der Waals surface area contributed by atoms with E-state index in [0.29, 0.717) is 39.4 Å². The number of nitro groups is 1. The fourth-order valence-corrected chi connectivity index (χ4v) is 4.99. The number of pyridine rings is 1. The Labute approximate surface area is 204 Å². The second-order valence-corrected chi connectivity index (χ2v) is 8.98. The van der Waals surface area contributed by atoms with Crippen LogP contribution < -0.4 is 16.4 Å². The molecular weight excluding hydrogens is 479 g/mol. The maximum absolute atomic E-state index is 11.7. The number of anilines is 3. The molecule has 1 aliphatic rings. The number of hydrogen-bond donors (Lipinski definition) is 2. The van der Waals surface area contributed by atoms with Gasteiger partial charge in [0.05, 0.1) is 15.6 Å². The summed E-state index contributed by atoms with van der Waals surface area (Å²) in [7, 11) is 0. The first kappa shape index (κ1) is 22.2. The molecule has 5 rings (SSSR count). The highest BCUT2D eigenvalue weighted by Crippen LogP contribution is 2.38. The van der Waals surface area contributed by atoms with E-state index in [2.05, 4.69) is 14.9 Å². The Morgan fingerprint density at radius 2 is 1.97 bits per heavy atom. The molecule has 174 valence electrons. The highest BCUT2D eigenvalue weighted by molar-refractivity contribution is 6.36. The minimum atomic E-state index is -0.495. The zero-order valence-corrected chi connectivity index (χ0v) is 19.4. The van der Waals surface area contributed by atoms with Gasteiger partial charge < -0.3 is 16.4 Å². The van der Waals surface area contributed by atoms with E-state index >= 15 is 0 Å². The number of halogens is 2. The molecule has 0 spiro atoms. The Balaban J connectivity index is 1.57. The van der Waals surface area contributed by atoms with Crippen LogP contribution in [-0.2, 0) is 0 Å². The van der Waals surface area contributed by atoms with E-state index in [0.717, 1.165) is 24.9 Å². The third-order valence-corrected chi connectivity index (χ3v) is 6.52. The third kappa shape index (κ3) is 3.95. The molecule has 1 aromatic carbocycles. The molecule has 3 aromatic heterocycles. The number of imidazole rings is 1. The SMILES string of the molecule is Nc1cc(C2CCCN(c3nc(-c4ccc(Cl)cc4Cl)cc4nccn34)C2)c([N+](=O)[O-])c(N)n1. The van der Waals surface area contributed by atoms with Crippen LogP contribution in [0.3, 0.4) is 0 Å². The number of rotatable bonds is 4. The summed E-state index contributed by atoms with van der Waals surface area (Å²) in [5.74, 6) is 0.472. The predicted molar refractivity (Wildman–Crippen MR) is 132 cm³/mol. The smallest absolute Gasteiger partial charge is 0.314 e. The van der Waals surface area contributed by atoms with E-state index < -0.39 is 4.92 Å². The molecule has 0 saturated carbocycles. The van der Waals surface area contributed by atoms with Gasteiger partial charge in [-0.15, -0.1) is 0 Å². The van der Waals surface area contributed by atoms with Gasteiger partial charge in [-0.2, -0.15) is 0 Å². The summed E-state index contributed by atoms with van der Waals surface area (Å²) < 4.78 is 1.89. The first-order valence-corrected chi connectivity index (χ1v) is 11.3. The van der Waals surface area contributed by atoms with Crippen molar-refractivity contribution in [2.24, 2.45) is 0 Å². The first-order valence-electron chi connectivity index (χ1n) is 10.6. The number of aromatic nitrogens is 4. The minimum Gasteiger partial charge on any atom is -0.384 e. The normalized spacial score (nSPS) is 16.2. The summed E-state index contributed by atoms with van der Waals surface area (Å²) in [4.78, 5) is 26.5. The molecule has 0 amide bonds. The Morgan fingerprint density at radius 1 is 1.15 bits per heavy atom. The van der Waals surface area contributed by atoms with Gasteiger partial charge in [0.25, 0.3) is 0 Å². The lowest BCUT2D eigenvalue weighted by atomic mass is 9.90. The lowest BCUT2D eigenvalue weighted by Gasteiger charge is -2.34. The Hall–Kier alpha value is -3.63. The quantitative estimate of drug-likeness (QED) is 0.308. The Bertz CT molecular complexity index is 1420. The first-order chi connectivity index (χ1) is 16.3. The number of nitrogens with two attached hydrogens (primary N) is 2. The molecule has 4 aromatic rings. The zero-order valence-electron chi connectivity index (χ0n) is 17.9. The van der Waals surface area contributed by atoms with Gasteiger partial charge >= 0.3 is 5.69 Å². The van der Waals surface area contributed by atoms with Crippen LogP contribution in [-0.4, -0.2) is 37.4 Å². The second kappa shape index (κ2) is 8.62. The van der Waals surface area contributed by atoms with Crippen LogP contribution >= 0.6 is 23.2 Å². The summed E-state index contributed by atoms with van der Waals surface area (Å²) in [5, 5.41) is 12.7. The van der Waals surface area contributed by atoms with Gasteiger partial charge in [0, 0.05) is 53.6 Å². The molecular formula is C22H20Cl2N8O2. The number of benzene rings is 1. The van der Waals surface area contributed by atoms with Crippen LogP contribution in [0.25, 0.3) is 16.9 Å². The molecule has 34 heavy (non-hydrogen) atoms. The average Bonchev–Trinajstić information content (AvgIpc) is 3.26. The Morgan fingerprint density at radius 3 is 2.74 bits per heavy atom. The van der Waals surface area contributed by atoms with Crippen molar-refractivity contribution in [3.05, 3.63) is 68.4 Å². The minimum absolute atomic E-state index is 0.157. The fourth-order valence-electron chi connectivity index (χ4n) is 4.49. The van der Waals surface area contributed by atoms with Gasteiger partial charge in [-0.05, 0) is 37.1 Å². The third-order valence-electron chi connectivity index (χ3n) is 5.97. The fraction of sp³-hybridized carbons (Fsp3) is 0.227. The van der Waals surface area contributed by atoms with Gasteiger partial charge in [-0.3, -0.25) is 14.5 Å². The van der Waals surface area contributed by atoms with Crippen LogP contribution in [0.15, 0.2) is 42.7 Å². The van der Waals surface area contributed by atoms with Crippen molar-refractivity contribution in [3.63, 3.8) is 0 Å². The van der Waals surface area contributed by atoms with Gasteiger partial charge in [-0.1, -0.05) is 23.2 Å². The molecule has 12 heteroatoms. The molecule has 10 nitrogen and oxygen atoms in total. The number of fused-ring (bicyclic) bond motifs is 1. The largest absolute Gasteiger partial charge is 0.384 e. The Kier molecular flexibility index (Phi) is 5.62. The van der Waals surface area contributed by atoms with Gasteiger partial charge in [0.15, 0.2) is 0 Å². The summed E-state index contributed by atoms with van der Waals surface area (Å²) in [6.45, 7) is 1.21. The number of hydrogen-bond acceptors (Lipinski definition) is 8. The zero-order chi connectivity index (χ0) is 24.0. The van der Waals surface area contributed by atoms with Gasteiger partial charge in [0.2, 0.25) is 11.8 Å². The van der Waals surface area contributed by atoms with Crippen molar-refractivity contribution in [1.29, 1.82) is 0 Å². The number of nitrogens with zero attached hydrogens (tertiary/aromatic N) is 6. The van der Waals surface area contributed by atoms with Crippen LogP contribution in [0, 0.1) is 10.1 Å². The van der Waals surface area contributed by atoms with Crippen LogP contribution in [0.5, 0.6) is 0 Å². The summed E-state index contributed by atoms with van der Waals surface area (Å²) in [6.07, 6.45) is 5.08. The highest BCUT2D eigenvalue weighted by Gasteiger charge is 2.31. The van der Waals surface area contributed by atoms with Gasteiger partial charge in [-0.25, -0.2) is 15.0 Å². The average molecular weight is 499 g/mol. The van der Waals surface area contributed by atoms with E-state index in [1.807, 2.05) is 22.7 Å². The van der Waals surface area contributed by atoms with Crippen LogP contribution in [0.2, 0.25) is 10.0 Å². The van der Waals surface area contributed by atoms with E-state index in [4.69, 9.17) is 39.7 Å². The van der Waals surface area contributed by atoms with E-state index in [1.54, 1.807) is 24.4 Å². The molecule has 1 atom stereocenters. The van der Waals surface area contributed by atoms with Crippen LogP contribution in [0.1, 0.15) is 24.3 Å². The predicted octanol–water partition coefficient (Wildman–Crippen LogP) is 4.55. The molecule has 1 unspecified atom stereocenters. The topological polar surface area (TPSA) is 142 Å². The van der Waals surface area contributed by atoms with Crippen molar-refractivity contribution in [2.45, 2.75) is 18.8 Å². The second-order valence-electron chi connectivity index (χ2n) is 8.13. The van der Waals surface area contributed by atoms with Crippen LogP contribution in [0.4, 0.5) is 23.3 Å². The molecule has 1 fully saturated rings. The maximum atomic E-state index is 11.7. The van der Waals surface area contributed by atoms with Crippen molar-refractivity contribution >= 4 is 52.1 Å². The molecule has 4 N–H and O–H groups in total. The van der Waals surface area contributed by atoms with Gasteiger partial charge in [0.1, 0.15) is 11.5 Å². The molecule has 0 aliphatic carbocycles. The van der Waals surface area contributed by atoms with E-state index in [9.17, 15) is 10.1 Å². The standard InChI is InChI=1S/C22H20Cl2N8O2/c23-13-3-4-14(16(24)8-13)17-10-19-27-5-7-31(19)22(28-17)30-6-1-2-12(11-30)15-9-18(25)29-21(26)20(15)32(33)34/h3-5,7-10,12H,1-2,6,11H2,(H4,25,26,29). The lowest BCUT2D eigenvalue weighted by molar-refractivity contribution is -0.385. The van der Waals surface area contributed by atoms with E-state index in [-0.39, 0.29) is 23.2 Å². The van der Waals surface area contributed by atoms with Crippen molar-refractivity contribution in [1.82, 2.24) is 19.4 Å². The van der Waals surface area contributed by atoms with Crippen molar-refractivity contribution in [2.75, 3.05) is 29.5 Å². The molecule has 1 saturated heterocycles. The van der Waals surface area contributed by atoms with Crippen molar-refractivity contribution in [3.8, 4) is 11.3 Å². The van der Waals surface area contributed by atoms with E-state index in [1.165, 1.54) is 0 Å². The molecule has 0 radical (unpaired) electrons. The maximum Gasteiger partial charge on any atom is 0.314 e. The van der Waals surface area contributed by atoms with Crippen molar-refractivity contribution < 1.29 is 4.92 Å². The summed E-state index contributed by atoms with van der Waals surface area (Å²) >= 11 is 12.5. The summed E-state index contributed by atoms with van der Waals surface area (Å²) in [5.41, 5.74) is 14.1.